The SMILES string of the molecule is Cc1ccc(S(=O)(=O)CCC(=O)OCC(=O)Nc2c(Cl)ccc(C)c2Cl)cc1. The average molecular weight is 444 g/mol. The fourth-order valence-electron chi connectivity index (χ4n) is 2.25. The fourth-order valence-corrected chi connectivity index (χ4v) is 3.93. The highest BCUT2D eigenvalue weighted by Gasteiger charge is 2.18. The molecule has 6 nitrogen and oxygen atoms in total. The van der Waals surface area contributed by atoms with Crippen molar-refractivity contribution >= 4 is 50.6 Å². The van der Waals surface area contributed by atoms with Crippen LogP contribution in [0.3, 0.4) is 0 Å². The summed E-state index contributed by atoms with van der Waals surface area (Å²) in [6.07, 6.45) is -0.366. The van der Waals surface area contributed by atoms with Crippen molar-refractivity contribution in [2.24, 2.45) is 0 Å². The molecule has 2 rings (SSSR count). The van der Waals surface area contributed by atoms with Crippen LogP contribution >= 0.6 is 23.2 Å². The summed E-state index contributed by atoms with van der Waals surface area (Å²) in [6, 6.07) is 9.61. The van der Waals surface area contributed by atoms with E-state index in [2.05, 4.69) is 5.32 Å². The number of anilines is 1. The molecule has 9 heteroatoms. The van der Waals surface area contributed by atoms with Gasteiger partial charge in [0, 0.05) is 0 Å². The van der Waals surface area contributed by atoms with E-state index in [0.29, 0.717) is 0 Å². The Kier molecular flexibility index (Phi) is 7.46. The van der Waals surface area contributed by atoms with E-state index in [0.717, 1.165) is 11.1 Å². The van der Waals surface area contributed by atoms with Crippen molar-refractivity contribution in [3.63, 3.8) is 0 Å². The molecule has 0 spiro atoms. The second-order valence-corrected chi connectivity index (χ2v) is 9.04. The molecule has 0 aliphatic heterocycles. The third-order valence-electron chi connectivity index (χ3n) is 3.87. The summed E-state index contributed by atoms with van der Waals surface area (Å²) < 4.78 is 29.3. The summed E-state index contributed by atoms with van der Waals surface area (Å²) in [5.74, 6) is -1.84. The van der Waals surface area contributed by atoms with Gasteiger partial charge in [-0.25, -0.2) is 8.42 Å². The van der Waals surface area contributed by atoms with Gasteiger partial charge in [-0.15, -0.1) is 0 Å². The van der Waals surface area contributed by atoms with Crippen LogP contribution in [0.4, 0.5) is 5.69 Å². The first-order chi connectivity index (χ1) is 13.1. The number of aryl methyl sites for hydroxylation is 2. The lowest BCUT2D eigenvalue weighted by atomic mass is 10.2. The van der Waals surface area contributed by atoms with Gasteiger partial charge in [0.2, 0.25) is 0 Å². The third kappa shape index (κ3) is 5.95. The normalized spacial score (nSPS) is 11.1. The summed E-state index contributed by atoms with van der Waals surface area (Å²) in [6.45, 7) is 3.02. The summed E-state index contributed by atoms with van der Waals surface area (Å²) in [5.41, 5.74) is 1.88. The molecule has 0 fully saturated rings. The van der Waals surface area contributed by atoms with E-state index in [9.17, 15) is 18.0 Å². The number of amides is 1. The largest absolute Gasteiger partial charge is 0.456 e. The predicted octanol–water partition coefficient (Wildman–Crippen LogP) is 3.96. The molecule has 2 aromatic carbocycles. The minimum atomic E-state index is -3.61. The van der Waals surface area contributed by atoms with Crippen LogP contribution in [-0.2, 0) is 24.2 Å². The van der Waals surface area contributed by atoms with Crippen LogP contribution in [0.2, 0.25) is 10.0 Å². The van der Waals surface area contributed by atoms with Gasteiger partial charge in [-0.2, -0.15) is 0 Å². The van der Waals surface area contributed by atoms with Crippen molar-refractivity contribution in [3.05, 3.63) is 57.6 Å². The number of nitrogens with one attached hydrogen (secondary N) is 1. The van der Waals surface area contributed by atoms with Gasteiger partial charge in [0.05, 0.1) is 32.8 Å². The number of carbonyl (C=O) groups is 2. The van der Waals surface area contributed by atoms with E-state index in [1.165, 1.54) is 12.1 Å². The van der Waals surface area contributed by atoms with Gasteiger partial charge < -0.3 is 10.1 Å². The van der Waals surface area contributed by atoms with Crippen molar-refractivity contribution in [2.45, 2.75) is 25.2 Å². The topological polar surface area (TPSA) is 89.5 Å². The fraction of sp³-hybridized carbons (Fsp3) is 0.263. The quantitative estimate of drug-likeness (QED) is 0.654. The first kappa shape index (κ1) is 22.2. The Morgan fingerprint density at radius 3 is 2.32 bits per heavy atom. The first-order valence-corrected chi connectivity index (χ1v) is 10.7. The number of benzene rings is 2. The van der Waals surface area contributed by atoms with E-state index < -0.39 is 34.1 Å². The molecule has 0 aromatic heterocycles. The average Bonchev–Trinajstić information content (AvgIpc) is 2.65. The van der Waals surface area contributed by atoms with Gasteiger partial charge in [0.15, 0.2) is 16.4 Å². The van der Waals surface area contributed by atoms with Crippen LogP contribution in [0.5, 0.6) is 0 Å². The lowest BCUT2D eigenvalue weighted by molar-refractivity contribution is -0.146. The molecule has 0 bridgehead atoms. The van der Waals surface area contributed by atoms with Crippen molar-refractivity contribution in [3.8, 4) is 0 Å². The number of halogens is 2. The van der Waals surface area contributed by atoms with Crippen molar-refractivity contribution in [2.75, 3.05) is 17.7 Å². The number of hydrogen-bond donors (Lipinski definition) is 1. The van der Waals surface area contributed by atoms with Crippen molar-refractivity contribution in [1.29, 1.82) is 0 Å². The Hall–Kier alpha value is -2.09. The molecule has 0 saturated heterocycles. The molecule has 0 aliphatic carbocycles. The minimum Gasteiger partial charge on any atom is -0.456 e. The lowest BCUT2D eigenvalue weighted by Gasteiger charge is -2.11. The standard InChI is InChI=1S/C19H19Cl2NO5S/c1-12-3-6-14(7-4-12)28(25,26)10-9-17(24)27-11-16(23)22-19-15(20)8-5-13(2)18(19)21/h3-8H,9-11H2,1-2H3,(H,22,23). The smallest absolute Gasteiger partial charge is 0.307 e. The lowest BCUT2D eigenvalue weighted by Crippen LogP contribution is -2.22. The monoisotopic (exact) mass is 443 g/mol. The number of sulfone groups is 1. The summed E-state index contributed by atoms with van der Waals surface area (Å²) >= 11 is 12.1. The van der Waals surface area contributed by atoms with Gasteiger partial charge in [-0.3, -0.25) is 9.59 Å². The van der Waals surface area contributed by atoms with E-state index in [1.807, 2.05) is 6.92 Å². The minimum absolute atomic E-state index is 0.132. The molecule has 1 amide bonds. The molecular formula is C19H19Cl2NO5S. The van der Waals surface area contributed by atoms with Crippen LogP contribution in [0.1, 0.15) is 17.5 Å². The van der Waals surface area contributed by atoms with Gasteiger partial charge in [-0.1, -0.05) is 47.0 Å². The molecule has 0 heterocycles. The van der Waals surface area contributed by atoms with Crippen LogP contribution in [0, 0.1) is 13.8 Å². The third-order valence-corrected chi connectivity index (χ3v) is 6.40. The van der Waals surface area contributed by atoms with Gasteiger partial charge in [-0.05, 0) is 37.6 Å². The number of ether oxygens (including phenoxy) is 1. The predicted molar refractivity (Wildman–Crippen MR) is 109 cm³/mol. The Morgan fingerprint density at radius 1 is 1.04 bits per heavy atom. The molecule has 2 aromatic rings. The van der Waals surface area contributed by atoms with Crippen LogP contribution < -0.4 is 5.32 Å². The highest BCUT2D eigenvalue weighted by molar-refractivity contribution is 7.91. The molecular weight excluding hydrogens is 425 g/mol. The second-order valence-electron chi connectivity index (χ2n) is 6.14. The maximum Gasteiger partial charge on any atom is 0.307 e. The van der Waals surface area contributed by atoms with Gasteiger partial charge >= 0.3 is 5.97 Å². The molecule has 28 heavy (non-hydrogen) atoms. The molecule has 1 N–H and O–H groups in total. The molecule has 0 atom stereocenters. The van der Waals surface area contributed by atoms with Gasteiger partial charge in [0.25, 0.3) is 5.91 Å². The van der Waals surface area contributed by atoms with E-state index in [1.54, 1.807) is 31.2 Å². The van der Waals surface area contributed by atoms with E-state index in [-0.39, 0.29) is 27.0 Å². The zero-order valence-electron chi connectivity index (χ0n) is 15.3. The number of rotatable bonds is 7. The highest BCUT2D eigenvalue weighted by atomic mass is 35.5. The first-order valence-electron chi connectivity index (χ1n) is 8.29. The molecule has 150 valence electrons. The molecule has 0 aliphatic rings. The van der Waals surface area contributed by atoms with E-state index in [4.69, 9.17) is 27.9 Å². The van der Waals surface area contributed by atoms with Gasteiger partial charge in [0.1, 0.15) is 0 Å². The summed E-state index contributed by atoms with van der Waals surface area (Å²) in [4.78, 5) is 23.9. The Bertz CT molecular complexity index is 988. The maximum atomic E-state index is 12.2. The number of carbonyl (C=O) groups excluding carboxylic acids is 2. The number of esters is 1. The van der Waals surface area contributed by atoms with Crippen LogP contribution in [0.15, 0.2) is 41.3 Å². The van der Waals surface area contributed by atoms with Crippen molar-refractivity contribution in [1.82, 2.24) is 0 Å². The Labute approximate surface area is 173 Å². The zero-order chi connectivity index (χ0) is 20.9. The number of hydrogen-bond acceptors (Lipinski definition) is 5. The molecule has 0 radical (unpaired) electrons. The summed E-state index contributed by atoms with van der Waals surface area (Å²) in [7, 11) is -3.61. The van der Waals surface area contributed by atoms with Crippen LogP contribution in [0.25, 0.3) is 0 Å². The van der Waals surface area contributed by atoms with E-state index >= 15 is 0 Å². The van der Waals surface area contributed by atoms with Crippen LogP contribution in [-0.4, -0.2) is 32.7 Å². The molecule has 0 saturated carbocycles. The maximum absolute atomic E-state index is 12.2. The molecule has 0 unspecified atom stereocenters. The Morgan fingerprint density at radius 2 is 1.68 bits per heavy atom. The van der Waals surface area contributed by atoms with Crippen molar-refractivity contribution < 1.29 is 22.7 Å². The zero-order valence-corrected chi connectivity index (χ0v) is 17.6. The Balaban J connectivity index is 1.86. The highest BCUT2D eigenvalue weighted by Crippen LogP contribution is 2.32. The summed E-state index contributed by atoms with van der Waals surface area (Å²) in [5, 5.41) is 3.02. The second kappa shape index (κ2) is 9.41.